The fourth-order valence-electron chi connectivity index (χ4n) is 2.96. The number of methoxy groups -OCH3 is 1. The number of benzene rings is 1. The van der Waals surface area contributed by atoms with Gasteiger partial charge in [0, 0.05) is 0 Å². The van der Waals surface area contributed by atoms with Crippen LogP contribution in [0.2, 0.25) is 0 Å². The summed E-state index contributed by atoms with van der Waals surface area (Å²) in [4.78, 5) is 24.5. The molecule has 0 saturated heterocycles. The van der Waals surface area contributed by atoms with Gasteiger partial charge < -0.3 is 14.8 Å². The Bertz CT molecular complexity index is 564. The third kappa shape index (κ3) is 4.03. The van der Waals surface area contributed by atoms with Crippen LogP contribution >= 0.6 is 0 Å². The maximum absolute atomic E-state index is 12.3. The standard InChI is InChI=1S/C18H25NO4/c1-17(2,3)23-16(21)19-18(15(20)22-4)11-10-14(18)12-13-8-6-5-7-9-13/h5-9,14H,10-12H2,1-4H3,(H,19,21)/t14-,18+/m0/s1. The van der Waals surface area contributed by atoms with Crippen LogP contribution in [0.5, 0.6) is 0 Å². The molecule has 2 atom stereocenters. The summed E-state index contributed by atoms with van der Waals surface area (Å²) < 4.78 is 10.3. The Labute approximate surface area is 137 Å². The second-order valence-corrected chi connectivity index (χ2v) is 7.02. The van der Waals surface area contributed by atoms with Crippen molar-refractivity contribution in [3.05, 3.63) is 35.9 Å². The molecule has 0 radical (unpaired) electrons. The second-order valence-electron chi connectivity index (χ2n) is 7.02. The van der Waals surface area contributed by atoms with Crippen LogP contribution in [0.1, 0.15) is 39.2 Å². The molecule has 1 fully saturated rings. The molecule has 1 aliphatic carbocycles. The minimum absolute atomic E-state index is 0.00451. The lowest BCUT2D eigenvalue weighted by Gasteiger charge is -2.47. The van der Waals surface area contributed by atoms with E-state index in [2.05, 4.69) is 5.32 Å². The van der Waals surface area contributed by atoms with Crippen LogP contribution in [0.25, 0.3) is 0 Å². The van der Waals surface area contributed by atoms with E-state index in [1.54, 1.807) is 20.8 Å². The summed E-state index contributed by atoms with van der Waals surface area (Å²) in [6.07, 6.45) is 1.56. The summed E-state index contributed by atoms with van der Waals surface area (Å²) in [5.41, 5.74) is -0.469. The zero-order chi connectivity index (χ0) is 17.1. The molecule has 1 N–H and O–H groups in total. The van der Waals surface area contributed by atoms with Crippen LogP contribution in [0.15, 0.2) is 30.3 Å². The summed E-state index contributed by atoms with van der Waals surface area (Å²) in [5.74, 6) is -0.402. The van der Waals surface area contributed by atoms with Gasteiger partial charge in [-0.1, -0.05) is 30.3 Å². The van der Waals surface area contributed by atoms with Crippen molar-refractivity contribution in [3.8, 4) is 0 Å². The Kier molecular flexibility index (Phi) is 4.97. The van der Waals surface area contributed by atoms with E-state index >= 15 is 0 Å². The number of rotatable bonds is 4. The molecule has 0 spiro atoms. The first-order chi connectivity index (χ1) is 10.8. The highest BCUT2D eigenvalue weighted by Crippen LogP contribution is 2.42. The number of carbonyl (C=O) groups is 2. The van der Waals surface area contributed by atoms with Gasteiger partial charge in [0.05, 0.1) is 7.11 Å². The van der Waals surface area contributed by atoms with Gasteiger partial charge in [0.1, 0.15) is 11.1 Å². The smallest absolute Gasteiger partial charge is 0.408 e. The van der Waals surface area contributed by atoms with Crippen LogP contribution in [0, 0.1) is 5.92 Å². The lowest BCUT2D eigenvalue weighted by molar-refractivity contribution is -0.157. The van der Waals surface area contributed by atoms with Gasteiger partial charge in [-0.15, -0.1) is 0 Å². The Morgan fingerprint density at radius 1 is 1.26 bits per heavy atom. The van der Waals surface area contributed by atoms with Gasteiger partial charge in [0.25, 0.3) is 0 Å². The van der Waals surface area contributed by atoms with Crippen molar-refractivity contribution in [2.75, 3.05) is 7.11 Å². The zero-order valence-electron chi connectivity index (χ0n) is 14.2. The van der Waals surface area contributed by atoms with Crippen LogP contribution in [0.4, 0.5) is 4.79 Å². The molecule has 126 valence electrons. The first-order valence-electron chi connectivity index (χ1n) is 7.90. The molecule has 0 heterocycles. The average Bonchev–Trinajstić information content (AvgIpc) is 2.47. The number of hydrogen-bond donors (Lipinski definition) is 1. The normalized spacial score (nSPS) is 23.6. The molecule has 23 heavy (non-hydrogen) atoms. The predicted octanol–water partition coefficient (Wildman–Crippen LogP) is 3.08. The molecule has 1 saturated carbocycles. The van der Waals surface area contributed by atoms with Gasteiger partial charge in [-0.3, -0.25) is 0 Å². The first kappa shape index (κ1) is 17.3. The molecular weight excluding hydrogens is 294 g/mol. The quantitative estimate of drug-likeness (QED) is 0.866. The fraction of sp³-hybridized carbons (Fsp3) is 0.556. The predicted molar refractivity (Wildman–Crippen MR) is 87.0 cm³/mol. The molecule has 5 nitrogen and oxygen atoms in total. The SMILES string of the molecule is COC(=O)[C@@]1(NC(=O)OC(C)(C)C)CC[C@H]1Cc1ccccc1. The number of hydrogen-bond acceptors (Lipinski definition) is 4. The topological polar surface area (TPSA) is 64.6 Å². The fourth-order valence-corrected chi connectivity index (χ4v) is 2.96. The van der Waals surface area contributed by atoms with E-state index in [1.165, 1.54) is 7.11 Å². The van der Waals surface area contributed by atoms with Gasteiger partial charge in [0.2, 0.25) is 0 Å². The van der Waals surface area contributed by atoms with Gasteiger partial charge >= 0.3 is 12.1 Å². The lowest BCUT2D eigenvalue weighted by atomic mass is 9.64. The van der Waals surface area contributed by atoms with E-state index in [1.807, 2.05) is 30.3 Å². The highest BCUT2D eigenvalue weighted by Gasteiger charge is 2.55. The van der Waals surface area contributed by atoms with E-state index in [0.29, 0.717) is 12.8 Å². The molecule has 1 amide bonds. The summed E-state index contributed by atoms with van der Waals surface area (Å²) in [6.45, 7) is 5.37. The number of nitrogens with one attached hydrogen (secondary N) is 1. The summed E-state index contributed by atoms with van der Waals surface area (Å²) >= 11 is 0. The van der Waals surface area contributed by atoms with Crippen molar-refractivity contribution >= 4 is 12.1 Å². The van der Waals surface area contributed by atoms with Crippen molar-refractivity contribution < 1.29 is 19.1 Å². The van der Waals surface area contributed by atoms with E-state index in [0.717, 1.165) is 12.0 Å². The molecule has 1 aliphatic rings. The molecular formula is C18H25NO4. The van der Waals surface area contributed by atoms with Crippen LogP contribution in [0.3, 0.4) is 0 Å². The number of esters is 1. The summed E-state index contributed by atoms with van der Waals surface area (Å²) in [6, 6.07) is 9.93. The molecule has 0 unspecified atom stereocenters. The van der Waals surface area contributed by atoms with Crippen molar-refractivity contribution in [2.24, 2.45) is 5.92 Å². The molecule has 5 heteroatoms. The van der Waals surface area contributed by atoms with Crippen LogP contribution < -0.4 is 5.32 Å². The third-order valence-corrected chi connectivity index (χ3v) is 4.18. The molecule has 0 aliphatic heterocycles. The highest BCUT2D eigenvalue weighted by atomic mass is 16.6. The van der Waals surface area contributed by atoms with Gasteiger partial charge in [-0.05, 0) is 51.5 Å². The molecule has 2 rings (SSSR count). The zero-order valence-corrected chi connectivity index (χ0v) is 14.2. The van der Waals surface area contributed by atoms with Gasteiger partial charge in [-0.2, -0.15) is 0 Å². The van der Waals surface area contributed by atoms with E-state index in [-0.39, 0.29) is 5.92 Å². The first-order valence-corrected chi connectivity index (χ1v) is 7.90. The van der Waals surface area contributed by atoms with Crippen molar-refractivity contribution in [2.45, 2.75) is 51.2 Å². The second kappa shape index (κ2) is 6.60. The Balaban J connectivity index is 2.13. The van der Waals surface area contributed by atoms with Gasteiger partial charge in [-0.25, -0.2) is 9.59 Å². The van der Waals surface area contributed by atoms with E-state index < -0.39 is 23.2 Å². The molecule has 0 aromatic heterocycles. The number of amides is 1. The van der Waals surface area contributed by atoms with Crippen LogP contribution in [-0.4, -0.2) is 30.3 Å². The lowest BCUT2D eigenvalue weighted by Crippen LogP contribution is -2.66. The van der Waals surface area contributed by atoms with Gasteiger partial charge in [0.15, 0.2) is 0 Å². The number of carbonyl (C=O) groups excluding carboxylic acids is 2. The monoisotopic (exact) mass is 319 g/mol. The van der Waals surface area contributed by atoms with Crippen molar-refractivity contribution in [1.82, 2.24) is 5.32 Å². The molecule has 1 aromatic rings. The van der Waals surface area contributed by atoms with E-state index in [4.69, 9.17) is 9.47 Å². The molecule has 0 bridgehead atoms. The largest absolute Gasteiger partial charge is 0.467 e. The average molecular weight is 319 g/mol. The molecule has 1 aromatic carbocycles. The maximum Gasteiger partial charge on any atom is 0.408 e. The number of alkyl carbamates (subject to hydrolysis) is 1. The maximum atomic E-state index is 12.3. The Morgan fingerprint density at radius 2 is 1.91 bits per heavy atom. The van der Waals surface area contributed by atoms with Crippen molar-refractivity contribution in [1.29, 1.82) is 0 Å². The van der Waals surface area contributed by atoms with Crippen molar-refractivity contribution in [3.63, 3.8) is 0 Å². The Morgan fingerprint density at radius 3 is 2.39 bits per heavy atom. The number of ether oxygens (including phenoxy) is 2. The van der Waals surface area contributed by atoms with E-state index in [9.17, 15) is 9.59 Å². The third-order valence-electron chi connectivity index (χ3n) is 4.18. The highest BCUT2D eigenvalue weighted by molar-refractivity contribution is 5.87. The summed E-state index contributed by atoms with van der Waals surface area (Å²) in [7, 11) is 1.35. The minimum Gasteiger partial charge on any atom is -0.467 e. The minimum atomic E-state index is -0.993. The Hall–Kier alpha value is -2.04. The van der Waals surface area contributed by atoms with Crippen LogP contribution in [-0.2, 0) is 20.7 Å². The summed E-state index contributed by atoms with van der Waals surface area (Å²) in [5, 5.41) is 2.77.